The lowest BCUT2D eigenvalue weighted by atomic mass is 10.1. The van der Waals surface area contributed by atoms with Crippen molar-refractivity contribution in [2.45, 2.75) is 32.7 Å². The van der Waals surface area contributed by atoms with Crippen LogP contribution in [0.25, 0.3) is 0 Å². The molecule has 3 heteroatoms. The van der Waals surface area contributed by atoms with Crippen molar-refractivity contribution in [1.82, 2.24) is 4.90 Å². The number of rotatable bonds is 7. The summed E-state index contributed by atoms with van der Waals surface area (Å²) in [5.41, 5.74) is 0.289. The number of hydrogen-bond acceptors (Lipinski definition) is 2. The molecule has 0 unspecified atom stereocenters. The Hall–Kier alpha value is 0.790. The highest BCUT2D eigenvalue weighted by atomic mass is 79.9. The van der Waals surface area contributed by atoms with Crippen LogP contribution in [0.1, 0.15) is 27.2 Å². The van der Waals surface area contributed by atoms with Gasteiger partial charge in [-0.1, -0.05) is 22.9 Å². The first-order valence-corrected chi connectivity index (χ1v) is 7.17. The van der Waals surface area contributed by atoms with Gasteiger partial charge in [-0.2, -0.15) is 11.8 Å². The van der Waals surface area contributed by atoms with E-state index in [0.29, 0.717) is 0 Å². The molecule has 0 rings (SSSR count). The molecule has 0 bridgehead atoms. The fourth-order valence-electron chi connectivity index (χ4n) is 0.953. The fourth-order valence-corrected chi connectivity index (χ4v) is 2.00. The largest absolute Gasteiger partial charge is 0.300 e. The standard InChI is InChI=1S/C10H22BrNS/c1-5-13-8-6-7-12(4)10(2,3)9-11/h5-9H2,1-4H3. The number of alkyl halides is 1. The van der Waals surface area contributed by atoms with Crippen LogP contribution < -0.4 is 0 Å². The molecule has 80 valence electrons. The number of hydrogen-bond donors (Lipinski definition) is 0. The zero-order valence-corrected chi connectivity index (χ0v) is 11.7. The summed E-state index contributed by atoms with van der Waals surface area (Å²) in [7, 11) is 2.21. The zero-order chi connectivity index (χ0) is 10.3. The predicted molar refractivity (Wildman–Crippen MR) is 68.1 cm³/mol. The highest BCUT2D eigenvalue weighted by molar-refractivity contribution is 9.09. The van der Waals surface area contributed by atoms with Crippen molar-refractivity contribution < 1.29 is 0 Å². The van der Waals surface area contributed by atoms with Crippen molar-refractivity contribution in [3.8, 4) is 0 Å². The van der Waals surface area contributed by atoms with E-state index in [1.807, 2.05) is 11.8 Å². The number of halogens is 1. The molecule has 1 nitrogen and oxygen atoms in total. The van der Waals surface area contributed by atoms with Crippen molar-refractivity contribution in [2.75, 3.05) is 30.4 Å². The van der Waals surface area contributed by atoms with Gasteiger partial charge in [-0.15, -0.1) is 0 Å². The fraction of sp³-hybridized carbons (Fsp3) is 1.00. The summed E-state index contributed by atoms with van der Waals surface area (Å²) in [5.74, 6) is 2.53. The van der Waals surface area contributed by atoms with Crippen LogP contribution in [0.15, 0.2) is 0 Å². The van der Waals surface area contributed by atoms with Gasteiger partial charge in [0.2, 0.25) is 0 Å². The molecule has 0 aromatic rings. The normalized spacial score (nSPS) is 12.5. The molecule has 0 aromatic heterocycles. The maximum atomic E-state index is 3.55. The Morgan fingerprint density at radius 1 is 1.38 bits per heavy atom. The molecule has 0 saturated heterocycles. The molecule has 0 N–H and O–H groups in total. The van der Waals surface area contributed by atoms with Crippen molar-refractivity contribution in [1.29, 1.82) is 0 Å². The van der Waals surface area contributed by atoms with Gasteiger partial charge < -0.3 is 4.90 Å². The van der Waals surface area contributed by atoms with E-state index in [4.69, 9.17) is 0 Å². The van der Waals surface area contributed by atoms with Crippen LogP contribution in [0.3, 0.4) is 0 Å². The molecule has 0 radical (unpaired) electrons. The molecule has 0 atom stereocenters. The van der Waals surface area contributed by atoms with Gasteiger partial charge in [0.15, 0.2) is 0 Å². The second-order valence-electron chi connectivity index (χ2n) is 3.92. The highest BCUT2D eigenvalue weighted by Crippen LogP contribution is 2.15. The Labute approximate surface area is 95.8 Å². The Morgan fingerprint density at radius 3 is 2.46 bits per heavy atom. The maximum absolute atomic E-state index is 3.55. The minimum Gasteiger partial charge on any atom is -0.300 e. The van der Waals surface area contributed by atoms with Gasteiger partial charge in [-0.3, -0.25) is 0 Å². The second-order valence-corrected chi connectivity index (χ2v) is 5.87. The molecule has 0 amide bonds. The van der Waals surface area contributed by atoms with E-state index in [1.165, 1.54) is 24.5 Å². The average molecular weight is 268 g/mol. The SMILES string of the molecule is CCSCCCN(C)C(C)(C)CBr. The number of thioether (sulfide) groups is 1. The van der Waals surface area contributed by atoms with Crippen molar-refractivity contribution in [3.05, 3.63) is 0 Å². The van der Waals surface area contributed by atoms with E-state index >= 15 is 0 Å². The monoisotopic (exact) mass is 267 g/mol. The van der Waals surface area contributed by atoms with E-state index < -0.39 is 0 Å². The average Bonchev–Trinajstić information content (AvgIpc) is 2.12. The topological polar surface area (TPSA) is 3.24 Å². The summed E-state index contributed by atoms with van der Waals surface area (Å²) in [6.07, 6.45) is 1.30. The maximum Gasteiger partial charge on any atom is 0.0246 e. The van der Waals surface area contributed by atoms with Crippen molar-refractivity contribution in [3.63, 3.8) is 0 Å². The van der Waals surface area contributed by atoms with Gasteiger partial charge in [0.25, 0.3) is 0 Å². The van der Waals surface area contributed by atoms with Crippen molar-refractivity contribution in [2.24, 2.45) is 0 Å². The highest BCUT2D eigenvalue weighted by Gasteiger charge is 2.20. The summed E-state index contributed by atoms with van der Waals surface area (Å²) in [6.45, 7) is 7.96. The first-order chi connectivity index (χ1) is 6.04. The van der Waals surface area contributed by atoms with E-state index in [2.05, 4.69) is 48.6 Å². The van der Waals surface area contributed by atoms with Crippen molar-refractivity contribution >= 4 is 27.7 Å². The smallest absolute Gasteiger partial charge is 0.0246 e. The zero-order valence-electron chi connectivity index (χ0n) is 9.27. The Morgan fingerprint density at radius 2 is 2.00 bits per heavy atom. The Balaban J connectivity index is 3.55. The molecule has 0 aliphatic rings. The lowest BCUT2D eigenvalue weighted by Crippen LogP contribution is -2.43. The predicted octanol–water partition coefficient (Wildman–Crippen LogP) is 3.23. The lowest BCUT2D eigenvalue weighted by Gasteiger charge is -2.34. The van der Waals surface area contributed by atoms with Gasteiger partial charge in [0.05, 0.1) is 0 Å². The lowest BCUT2D eigenvalue weighted by molar-refractivity contribution is 0.183. The summed E-state index contributed by atoms with van der Waals surface area (Å²) in [4.78, 5) is 2.43. The molecule has 0 spiro atoms. The van der Waals surface area contributed by atoms with E-state index in [1.54, 1.807) is 0 Å². The summed E-state index contributed by atoms with van der Waals surface area (Å²) in [5, 5.41) is 1.04. The third-order valence-corrected chi connectivity index (χ3v) is 4.70. The quantitative estimate of drug-likeness (QED) is 0.515. The minimum atomic E-state index is 0.289. The van der Waals surface area contributed by atoms with Gasteiger partial charge in [0, 0.05) is 10.9 Å². The summed E-state index contributed by atoms with van der Waals surface area (Å²) >= 11 is 5.58. The van der Waals surface area contributed by atoms with Gasteiger partial charge in [0.1, 0.15) is 0 Å². The van der Waals surface area contributed by atoms with E-state index in [-0.39, 0.29) is 5.54 Å². The van der Waals surface area contributed by atoms with E-state index in [0.717, 1.165) is 5.33 Å². The third kappa shape index (κ3) is 5.97. The summed E-state index contributed by atoms with van der Waals surface area (Å²) < 4.78 is 0. The molecule has 0 aliphatic heterocycles. The molecule has 13 heavy (non-hydrogen) atoms. The molecule has 0 aliphatic carbocycles. The Bertz CT molecular complexity index is 128. The minimum absolute atomic E-state index is 0.289. The molecule has 0 fully saturated rings. The first-order valence-electron chi connectivity index (χ1n) is 4.89. The van der Waals surface area contributed by atoms with Gasteiger partial charge >= 0.3 is 0 Å². The van der Waals surface area contributed by atoms with Crippen LogP contribution in [0, 0.1) is 0 Å². The van der Waals surface area contributed by atoms with Crippen LogP contribution in [-0.2, 0) is 0 Å². The molecule has 0 saturated carbocycles. The van der Waals surface area contributed by atoms with Crippen LogP contribution >= 0.6 is 27.7 Å². The molecule has 0 aromatic carbocycles. The first kappa shape index (κ1) is 13.8. The molecular weight excluding hydrogens is 246 g/mol. The second kappa shape index (κ2) is 7.13. The van der Waals surface area contributed by atoms with Crippen LogP contribution in [0.4, 0.5) is 0 Å². The molecule has 0 heterocycles. The van der Waals surface area contributed by atoms with Crippen LogP contribution in [0.2, 0.25) is 0 Å². The van der Waals surface area contributed by atoms with Crippen LogP contribution in [-0.4, -0.2) is 40.9 Å². The number of nitrogens with zero attached hydrogens (tertiary/aromatic N) is 1. The van der Waals surface area contributed by atoms with Crippen LogP contribution in [0.5, 0.6) is 0 Å². The summed E-state index contributed by atoms with van der Waals surface area (Å²) in [6, 6.07) is 0. The van der Waals surface area contributed by atoms with Gasteiger partial charge in [-0.05, 0) is 45.4 Å². The van der Waals surface area contributed by atoms with Gasteiger partial charge in [-0.25, -0.2) is 0 Å². The van der Waals surface area contributed by atoms with E-state index in [9.17, 15) is 0 Å². The molecular formula is C10H22BrNS. The third-order valence-electron chi connectivity index (χ3n) is 2.35. The Kier molecular flexibility index (Phi) is 7.56.